The van der Waals surface area contributed by atoms with Gasteiger partial charge in [-0.05, 0) is 84.7 Å². The number of nitrogens with one attached hydrogen (secondary N) is 4. The Labute approximate surface area is 330 Å². The molecule has 1 saturated heterocycles. The van der Waals surface area contributed by atoms with E-state index in [0.717, 1.165) is 31.0 Å². The first kappa shape index (κ1) is 40.0. The number of carbonyl (C=O) groups is 6. The van der Waals surface area contributed by atoms with E-state index in [1.807, 2.05) is 0 Å². The minimum Gasteiger partial charge on any atom is -0.387 e. The molecule has 58 heavy (non-hydrogen) atoms. The average molecular weight is 801 g/mol. The minimum absolute atomic E-state index is 0.0126. The molecule has 16 heteroatoms. The van der Waals surface area contributed by atoms with Gasteiger partial charge in [-0.25, -0.2) is 4.39 Å². The number of hydrogen-bond acceptors (Lipinski definition) is 8. The van der Waals surface area contributed by atoms with Crippen LogP contribution in [0.3, 0.4) is 0 Å². The highest BCUT2D eigenvalue weighted by Crippen LogP contribution is 2.41. The highest BCUT2D eigenvalue weighted by Gasteiger charge is 2.40. The van der Waals surface area contributed by atoms with Gasteiger partial charge in [0.2, 0.25) is 11.8 Å². The van der Waals surface area contributed by atoms with Gasteiger partial charge in [-0.15, -0.1) is 0 Å². The highest BCUT2D eigenvalue weighted by molar-refractivity contribution is 6.09. The minimum atomic E-state index is -4.83. The quantitative estimate of drug-likeness (QED) is 0.0700. The van der Waals surface area contributed by atoms with Crippen molar-refractivity contribution in [2.45, 2.75) is 82.6 Å². The molecule has 12 nitrogen and oxygen atoms in total. The van der Waals surface area contributed by atoms with Crippen LogP contribution in [0.4, 0.5) is 23.2 Å². The Balaban J connectivity index is 0.935. The summed E-state index contributed by atoms with van der Waals surface area (Å²) in [6, 6.07) is 9.72. The molecular weight excluding hydrogens is 760 g/mol. The summed E-state index contributed by atoms with van der Waals surface area (Å²) in [5.41, 5.74) is 0.360. The number of fused-ring (bicyclic) bond motifs is 2. The first-order chi connectivity index (χ1) is 27.7. The summed E-state index contributed by atoms with van der Waals surface area (Å²) in [6.45, 7) is 0.334. The van der Waals surface area contributed by atoms with E-state index < -0.39 is 41.3 Å². The lowest BCUT2D eigenvalue weighted by Crippen LogP contribution is -2.52. The van der Waals surface area contributed by atoms with Crippen LogP contribution in [0.25, 0.3) is 22.0 Å². The number of alkyl halides is 3. The maximum atomic E-state index is 15.4. The van der Waals surface area contributed by atoms with Gasteiger partial charge in [-0.3, -0.25) is 39.1 Å². The van der Waals surface area contributed by atoms with Gasteiger partial charge in [0.05, 0.1) is 27.9 Å². The fourth-order valence-corrected chi connectivity index (χ4v) is 7.55. The topological polar surface area (TPSA) is 167 Å². The van der Waals surface area contributed by atoms with Crippen LogP contribution in [0.1, 0.15) is 99.1 Å². The van der Waals surface area contributed by atoms with E-state index in [0.29, 0.717) is 36.0 Å². The normalized spacial score (nSPS) is 16.6. The van der Waals surface area contributed by atoms with Crippen LogP contribution < -0.4 is 21.3 Å². The van der Waals surface area contributed by atoms with Gasteiger partial charge < -0.3 is 20.9 Å². The lowest BCUT2D eigenvalue weighted by atomic mass is 9.94. The van der Waals surface area contributed by atoms with Crippen molar-refractivity contribution >= 4 is 51.9 Å². The molecule has 0 radical (unpaired) electrons. The Morgan fingerprint density at radius 3 is 2.43 bits per heavy atom. The fourth-order valence-electron chi connectivity index (χ4n) is 7.55. The van der Waals surface area contributed by atoms with Crippen molar-refractivity contribution in [2.75, 3.05) is 18.9 Å². The van der Waals surface area contributed by atoms with Gasteiger partial charge in [-0.1, -0.05) is 24.6 Å². The number of Topliss-reactive ketones (excluding diaryl/α,β-unsaturated/α-hetero) is 1. The lowest BCUT2D eigenvalue weighted by Gasteiger charge is -2.29. The number of nitrogens with zero attached hydrogens (tertiary/aromatic N) is 2. The fraction of sp³-hybridized carbons (Fsp3) is 0.357. The molecule has 1 saturated carbocycles. The van der Waals surface area contributed by atoms with E-state index in [-0.39, 0.29) is 101 Å². The van der Waals surface area contributed by atoms with Crippen LogP contribution in [0.2, 0.25) is 0 Å². The summed E-state index contributed by atoms with van der Waals surface area (Å²) < 4.78 is 58.4. The molecule has 7 rings (SSSR count). The number of aromatic nitrogens is 1. The van der Waals surface area contributed by atoms with Crippen LogP contribution in [-0.2, 0) is 33.5 Å². The van der Waals surface area contributed by atoms with Crippen LogP contribution in [0, 0.1) is 5.82 Å². The van der Waals surface area contributed by atoms with Gasteiger partial charge in [0.15, 0.2) is 0 Å². The third-order valence-corrected chi connectivity index (χ3v) is 10.7. The van der Waals surface area contributed by atoms with Crippen molar-refractivity contribution in [1.82, 2.24) is 25.8 Å². The molecule has 4 aromatic rings. The van der Waals surface area contributed by atoms with Gasteiger partial charge in [0.1, 0.15) is 17.6 Å². The number of imide groups is 1. The summed E-state index contributed by atoms with van der Waals surface area (Å²) in [4.78, 5) is 81.3. The SMILES string of the molecule is CNc1c(C(=O)NC2CC2)cnc2cc(C(F)(F)F)c(-c3ccc(C(=O)NCCCCCC(=O)Cc4cccc5c4CN(C4CCC(=O)NC4=O)C5=O)c(F)c3)cc12. The van der Waals surface area contributed by atoms with Crippen LogP contribution in [0.15, 0.2) is 54.7 Å². The number of halogens is 4. The Kier molecular flexibility index (Phi) is 11.3. The average Bonchev–Trinajstić information content (AvgIpc) is 3.94. The molecule has 0 bridgehead atoms. The van der Waals surface area contributed by atoms with E-state index in [1.165, 1.54) is 30.3 Å². The van der Waals surface area contributed by atoms with E-state index in [2.05, 4.69) is 26.3 Å². The predicted octanol–water partition coefficient (Wildman–Crippen LogP) is 5.86. The Morgan fingerprint density at radius 2 is 1.72 bits per heavy atom. The molecule has 2 fully saturated rings. The summed E-state index contributed by atoms with van der Waals surface area (Å²) in [7, 11) is 1.54. The number of rotatable bonds is 14. The molecule has 3 aromatic carbocycles. The van der Waals surface area contributed by atoms with Gasteiger partial charge in [-0.2, -0.15) is 13.2 Å². The zero-order valence-electron chi connectivity index (χ0n) is 31.5. The van der Waals surface area contributed by atoms with Crippen LogP contribution in [-0.4, -0.2) is 70.9 Å². The first-order valence-corrected chi connectivity index (χ1v) is 19.1. The number of hydrogen-bond donors (Lipinski definition) is 4. The number of amides is 5. The molecule has 5 amide bonds. The molecule has 2 aliphatic heterocycles. The number of unbranched alkanes of at least 4 members (excludes halogenated alkanes) is 2. The number of pyridine rings is 1. The molecule has 1 aliphatic carbocycles. The molecule has 1 aromatic heterocycles. The zero-order valence-corrected chi connectivity index (χ0v) is 31.5. The maximum Gasteiger partial charge on any atom is 0.417 e. The number of ketones is 1. The van der Waals surface area contributed by atoms with Crippen LogP contribution in [0.5, 0.6) is 0 Å². The molecule has 1 atom stereocenters. The number of benzene rings is 3. The third-order valence-electron chi connectivity index (χ3n) is 10.7. The second-order valence-electron chi connectivity index (χ2n) is 14.8. The smallest absolute Gasteiger partial charge is 0.387 e. The molecule has 4 N–H and O–H groups in total. The number of anilines is 1. The molecule has 3 heterocycles. The maximum absolute atomic E-state index is 15.4. The largest absolute Gasteiger partial charge is 0.417 e. The second-order valence-corrected chi connectivity index (χ2v) is 14.8. The first-order valence-electron chi connectivity index (χ1n) is 19.1. The van der Waals surface area contributed by atoms with E-state index in [9.17, 15) is 41.9 Å². The van der Waals surface area contributed by atoms with Gasteiger partial charge in [0.25, 0.3) is 17.7 Å². The van der Waals surface area contributed by atoms with Crippen molar-refractivity contribution in [3.8, 4) is 11.1 Å². The Bertz CT molecular complexity index is 2360. The van der Waals surface area contributed by atoms with Gasteiger partial charge in [0, 0.05) is 62.6 Å². The Morgan fingerprint density at radius 1 is 0.931 bits per heavy atom. The summed E-state index contributed by atoms with van der Waals surface area (Å²) in [5.74, 6) is -3.43. The number of carbonyl (C=O) groups excluding carboxylic acids is 6. The molecule has 3 aliphatic rings. The monoisotopic (exact) mass is 800 g/mol. The Hall–Kier alpha value is -6.19. The lowest BCUT2D eigenvalue weighted by molar-refractivity contribution is -0.138. The molecule has 1 unspecified atom stereocenters. The number of piperidine rings is 1. The molecule has 0 spiro atoms. The van der Waals surface area contributed by atoms with Crippen molar-refractivity contribution in [3.63, 3.8) is 0 Å². The van der Waals surface area contributed by atoms with Gasteiger partial charge >= 0.3 is 6.18 Å². The van der Waals surface area contributed by atoms with Crippen LogP contribution >= 0.6 is 0 Å². The third kappa shape index (κ3) is 8.41. The van der Waals surface area contributed by atoms with Crippen molar-refractivity contribution in [1.29, 1.82) is 0 Å². The van der Waals surface area contributed by atoms with Crippen molar-refractivity contribution in [3.05, 3.63) is 93.9 Å². The highest BCUT2D eigenvalue weighted by atomic mass is 19.4. The van der Waals surface area contributed by atoms with E-state index in [1.54, 1.807) is 18.2 Å². The summed E-state index contributed by atoms with van der Waals surface area (Å²) in [5, 5.41) is 10.9. The summed E-state index contributed by atoms with van der Waals surface area (Å²) in [6.07, 6.45) is 0.347. The van der Waals surface area contributed by atoms with E-state index >= 15 is 4.39 Å². The zero-order chi connectivity index (χ0) is 41.3. The predicted molar refractivity (Wildman–Crippen MR) is 204 cm³/mol. The molecule has 302 valence electrons. The van der Waals surface area contributed by atoms with Crippen molar-refractivity contribution < 1.29 is 46.3 Å². The van der Waals surface area contributed by atoms with Crippen molar-refractivity contribution in [2.24, 2.45) is 0 Å². The standard InChI is InChI=1S/C42H40F4N6O6/c1-47-37-29-18-28(32(42(44,45)46)19-34(29)49-20-30(37)39(56)50-24-10-11-24)23-9-12-27(33(43)17-23)38(55)48-15-4-2-3-7-25(53)16-22-6-5-8-26-31(22)21-52(41(26)58)35-13-14-36(54)51-40(35)57/h5-6,8-9,12,17-20,24,35H,2-4,7,10-11,13-16,21H2,1H3,(H,47,49)(H,48,55)(H,50,56)(H,51,54,57). The second kappa shape index (κ2) is 16.3. The molecular formula is C42H40F4N6O6. The van der Waals surface area contributed by atoms with E-state index in [4.69, 9.17) is 0 Å². The summed E-state index contributed by atoms with van der Waals surface area (Å²) >= 11 is 0.